The van der Waals surface area contributed by atoms with Crippen molar-refractivity contribution in [1.82, 2.24) is 5.32 Å². The van der Waals surface area contributed by atoms with Gasteiger partial charge in [-0.25, -0.2) is 4.39 Å². The lowest BCUT2D eigenvalue weighted by molar-refractivity contribution is -0.145. The Bertz CT molecular complexity index is 713. The highest BCUT2D eigenvalue weighted by Crippen LogP contribution is 2.21. The van der Waals surface area contributed by atoms with E-state index in [2.05, 4.69) is 5.32 Å². The van der Waals surface area contributed by atoms with Gasteiger partial charge >= 0.3 is 5.97 Å². The molecule has 0 bridgehead atoms. The van der Waals surface area contributed by atoms with Crippen LogP contribution in [0.5, 0.6) is 0 Å². The molecule has 0 aliphatic rings. The van der Waals surface area contributed by atoms with Crippen molar-refractivity contribution in [2.75, 3.05) is 24.7 Å². The Morgan fingerprint density at radius 1 is 1.00 bits per heavy atom. The van der Waals surface area contributed by atoms with Crippen molar-refractivity contribution in [2.45, 2.75) is 16.2 Å². The maximum Gasteiger partial charge on any atom is 0.316 e. The number of ether oxygens (including phenoxy) is 1. The molecule has 0 heterocycles. The molecule has 0 spiro atoms. The van der Waals surface area contributed by atoms with Crippen molar-refractivity contribution in [3.63, 3.8) is 0 Å². The van der Waals surface area contributed by atoms with Gasteiger partial charge in [0.15, 0.2) is 6.61 Å². The van der Waals surface area contributed by atoms with Crippen LogP contribution in [0.1, 0.15) is 6.42 Å². The average molecular weight is 394 g/mol. The summed E-state index contributed by atoms with van der Waals surface area (Å²) in [6.45, 7) is 0.211. The van der Waals surface area contributed by atoms with Gasteiger partial charge in [-0.2, -0.15) is 0 Å². The van der Waals surface area contributed by atoms with Crippen LogP contribution >= 0.6 is 23.5 Å². The predicted octanol–water partition coefficient (Wildman–Crippen LogP) is 3.76. The fraction of sp³-hybridized carbons (Fsp3) is 0.263. The number of carbonyl (C=O) groups is 2. The molecule has 26 heavy (non-hydrogen) atoms. The van der Waals surface area contributed by atoms with E-state index < -0.39 is 5.97 Å². The third-order valence-corrected chi connectivity index (χ3v) is 5.32. The van der Waals surface area contributed by atoms with Gasteiger partial charge in [0.05, 0.1) is 5.75 Å². The predicted molar refractivity (Wildman–Crippen MR) is 103 cm³/mol. The van der Waals surface area contributed by atoms with E-state index in [4.69, 9.17) is 4.74 Å². The first kappa shape index (κ1) is 20.3. The Labute approximate surface area is 160 Å². The fourth-order valence-corrected chi connectivity index (χ4v) is 3.56. The molecule has 1 N–H and O–H groups in total. The van der Waals surface area contributed by atoms with E-state index in [0.29, 0.717) is 11.4 Å². The number of carbonyl (C=O) groups excluding carboxylic acids is 2. The van der Waals surface area contributed by atoms with E-state index in [0.717, 1.165) is 23.9 Å². The first-order chi connectivity index (χ1) is 12.6. The lowest BCUT2D eigenvalue weighted by Crippen LogP contribution is -2.30. The summed E-state index contributed by atoms with van der Waals surface area (Å²) in [6.07, 6.45) is 0.822. The van der Waals surface area contributed by atoms with Crippen LogP contribution in [0, 0.1) is 5.82 Å². The minimum absolute atomic E-state index is 0.0398. The van der Waals surface area contributed by atoms with Gasteiger partial charge in [-0.15, -0.1) is 23.5 Å². The van der Waals surface area contributed by atoms with Crippen molar-refractivity contribution >= 4 is 35.4 Å². The van der Waals surface area contributed by atoms with Crippen LogP contribution in [0.15, 0.2) is 64.4 Å². The van der Waals surface area contributed by atoms with Crippen LogP contribution in [-0.4, -0.2) is 36.5 Å². The van der Waals surface area contributed by atoms with Crippen LogP contribution in [0.4, 0.5) is 4.39 Å². The highest BCUT2D eigenvalue weighted by atomic mass is 32.2. The zero-order chi connectivity index (χ0) is 18.6. The standard InChI is InChI=1S/C19H20FNO3S2/c20-16-9-4-5-10-17(16)26-14-19(23)24-13-18(22)21-11-6-12-25-15-7-2-1-3-8-15/h1-5,7-10H,6,11-14H2,(H,21,22). The summed E-state index contributed by atoms with van der Waals surface area (Å²) in [7, 11) is 0. The second-order valence-electron chi connectivity index (χ2n) is 5.24. The summed E-state index contributed by atoms with van der Waals surface area (Å²) in [5, 5.41) is 2.71. The number of benzene rings is 2. The lowest BCUT2D eigenvalue weighted by Gasteiger charge is -2.07. The highest BCUT2D eigenvalue weighted by Gasteiger charge is 2.09. The number of thioether (sulfide) groups is 2. The second-order valence-corrected chi connectivity index (χ2v) is 7.43. The Hall–Kier alpha value is -1.99. The maximum atomic E-state index is 13.4. The molecule has 0 atom stereocenters. The molecule has 0 saturated heterocycles. The third kappa shape index (κ3) is 7.93. The van der Waals surface area contributed by atoms with Gasteiger partial charge in [0.2, 0.25) is 0 Å². The Kier molecular flexibility index (Phi) is 9.06. The molecule has 4 nitrogen and oxygen atoms in total. The van der Waals surface area contributed by atoms with E-state index >= 15 is 0 Å². The molecule has 0 saturated carbocycles. The van der Waals surface area contributed by atoms with Crippen LogP contribution in [-0.2, 0) is 14.3 Å². The summed E-state index contributed by atoms with van der Waals surface area (Å²) < 4.78 is 18.3. The van der Waals surface area contributed by atoms with Gasteiger partial charge in [-0.3, -0.25) is 9.59 Å². The van der Waals surface area contributed by atoms with Crippen molar-refractivity contribution in [3.8, 4) is 0 Å². The van der Waals surface area contributed by atoms with E-state index in [1.165, 1.54) is 11.0 Å². The summed E-state index contributed by atoms with van der Waals surface area (Å²) >= 11 is 2.77. The second kappa shape index (κ2) is 11.6. The number of nitrogens with one attached hydrogen (secondary N) is 1. The number of hydrogen-bond acceptors (Lipinski definition) is 5. The minimum atomic E-state index is -0.548. The number of esters is 1. The van der Waals surface area contributed by atoms with E-state index in [9.17, 15) is 14.0 Å². The zero-order valence-electron chi connectivity index (χ0n) is 14.2. The first-order valence-corrected chi connectivity index (χ1v) is 10.1. The molecular formula is C19H20FNO3S2. The van der Waals surface area contributed by atoms with E-state index in [1.54, 1.807) is 30.0 Å². The molecule has 0 aliphatic heterocycles. The molecule has 138 valence electrons. The number of rotatable bonds is 10. The molecule has 2 aromatic rings. The monoisotopic (exact) mass is 393 g/mol. The van der Waals surface area contributed by atoms with Gasteiger partial charge < -0.3 is 10.1 Å². The largest absolute Gasteiger partial charge is 0.455 e. The molecule has 0 aliphatic carbocycles. The molecule has 0 radical (unpaired) electrons. The van der Waals surface area contributed by atoms with Gasteiger partial charge in [0.25, 0.3) is 5.91 Å². The van der Waals surface area contributed by atoms with Crippen molar-refractivity contribution in [2.24, 2.45) is 0 Å². The van der Waals surface area contributed by atoms with E-state index in [1.807, 2.05) is 30.3 Å². The Morgan fingerprint density at radius 2 is 1.73 bits per heavy atom. The molecule has 0 unspecified atom stereocenters. The summed E-state index contributed by atoms with van der Waals surface area (Å²) in [4.78, 5) is 24.8. The van der Waals surface area contributed by atoms with Crippen molar-refractivity contribution in [3.05, 3.63) is 60.4 Å². The fourth-order valence-electron chi connectivity index (χ4n) is 1.94. The zero-order valence-corrected chi connectivity index (χ0v) is 15.8. The number of amides is 1. The molecular weight excluding hydrogens is 373 g/mol. The van der Waals surface area contributed by atoms with Gasteiger partial charge in [-0.05, 0) is 36.4 Å². The Morgan fingerprint density at radius 3 is 2.50 bits per heavy atom. The van der Waals surface area contributed by atoms with Crippen molar-refractivity contribution in [1.29, 1.82) is 0 Å². The van der Waals surface area contributed by atoms with Gasteiger partial charge in [-0.1, -0.05) is 30.3 Å². The topological polar surface area (TPSA) is 55.4 Å². The molecule has 1 amide bonds. The molecule has 7 heteroatoms. The maximum absolute atomic E-state index is 13.4. The van der Waals surface area contributed by atoms with Crippen molar-refractivity contribution < 1.29 is 18.7 Å². The van der Waals surface area contributed by atoms with Crippen LogP contribution < -0.4 is 5.32 Å². The normalized spacial score (nSPS) is 10.3. The quantitative estimate of drug-likeness (QED) is 0.378. The smallest absolute Gasteiger partial charge is 0.316 e. The number of halogens is 1. The summed E-state index contributed by atoms with van der Waals surface area (Å²) in [5.74, 6) is -0.408. The average Bonchev–Trinajstić information content (AvgIpc) is 2.66. The summed E-state index contributed by atoms with van der Waals surface area (Å²) in [5.41, 5.74) is 0. The number of hydrogen-bond donors (Lipinski definition) is 1. The van der Waals surface area contributed by atoms with Gasteiger partial charge in [0.1, 0.15) is 5.82 Å². The van der Waals surface area contributed by atoms with Crippen LogP contribution in [0.3, 0.4) is 0 Å². The van der Waals surface area contributed by atoms with E-state index in [-0.39, 0.29) is 24.1 Å². The molecule has 2 rings (SSSR count). The highest BCUT2D eigenvalue weighted by molar-refractivity contribution is 8.00. The molecule has 0 aromatic heterocycles. The summed E-state index contributed by atoms with van der Waals surface area (Å²) in [6, 6.07) is 16.2. The Balaban J connectivity index is 1.52. The third-order valence-electron chi connectivity index (χ3n) is 3.20. The lowest BCUT2D eigenvalue weighted by atomic mass is 10.3. The van der Waals surface area contributed by atoms with Crippen LogP contribution in [0.25, 0.3) is 0 Å². The first-order valence-electron chi connectivity index (χ1n) is 8.12. The van der Waals surface area contributed by atoms with Crippen LogP contribution in [0.2, 0.25) is 0 Å². The SMILES string of the molecule is O=C(COC(=O)CSc1ccccc1F)NCCCSc1ccccc1. The van der Waals surface area contributed by atoms with Gasteiger partial charge in [0, 0.05) is 16.3 Å². The minimum Gasteiger partial charge on any atom is -0.455 e. The molecule has 2 aromatic carbocycles. The molecule has 0 fully saturated rings.